The summed E-state index contributed by atoms with van der Waals surface area (Å²) in [5.41, 5.74) is 5.15. The third-order valence-corrected chi connectivity index (χ3v) is 6.78. The van der Waals surface area contributed by atoms with Crippen LogP contribution in [0.2, 0.25) is 0 Å². The van der Waals surface area contributed by atoms with Gasteiger partial charge in [0.2, 0.25) is 11.8 Å². The summed E-state index contributed by atoms with van der Waals surface area (Å²) in [6, 6.07) is 14.5. The standard InChI is InChI=1S/C27H24FN3O5/c1-4-35-25(33)22-23(29)36-20-13-15(2)30(3)24(32)21(20)27(22)17-10-6-8-12-19(17)31(26(27)34)14-16-9-5-7-11-18(16)28/h5-13H,4,14,29H2,1-3H3. The largest absolute Gasteiger partial charge is 0.462 e. The first-order valence-corrected chi connectivity index (χ1v) is 11.4. The highest BCUT2D eigenvalue weighted by Crippen LogP contribution is 2.54. The molecule has 0 saturated heterocycles. The third kappa shape index (κ3) is 3.08. The van der Waals surface area contributed by atoms with E-state index < -0.39 is 28.7 Å². The van der Waals surface area contributed by atoms with Gasteiger partial charge >= 0.3 is 5.97 Å². The second-order valence-electron chi connectivity index (χ2n) is 8.70. The van der Waals surface area contributed by atoms with Crippen molar-refractivity contribution in [2.45, 2.75) is 25.8 Å². The van der Waals surface area contributed by atoms with E-state index in [1.54, 1.807) is 69.4 Å². The Hall–Kier alpha value is -4.40. The molecule has 3 heterocycles. The summed E-state index contributed by atoms with van der Waals surface area (Å²) in [5.74, 6) is -2.23. The second-order valence-corrected chi connectivity index (χ2v) is 8.70. The Morgan fingerprint density at radius 3 is 2.56 bits per heavy atom. The molecule has 0 aliphatic carbocycles. The number of pyridine rings is 1. The fourth-order valence-corrected chi connectivity index (χ4v) is 5.04. The van der Waals surface area contributed by atoms with Crippen LogP contribution in [0.3, 0.4) is 0 Å². The van der Waals surface area contributed by atoms with Crippen LogP contribution in [0.1, 0.15) is 29.3 Å². The van der Waals surface area contributed by atoms with E-state index >= 15 is 0 Å². The zero-order valence-electron chi connectivity index (χ0n) is 20.0. The summed E-state index contributed by atoms with van der Waals surface area (Å²) >= 11 is 0. The second kappa shape index (κ2) is 8.37. The maximum Gasteiger partial charge on any atom is 0.341 e. The van der Waals surface area contributed by atoms with Gasteiger partial charge in [-0.2, -0.15) is 0 Å². The molecule has 1 spiro atoms. The van der Waals surface area contributed by atoms with Crippen LogP contribution < -0.4 is 20.9 Å². The lowest BCUT2D eigenvalue weighted by Gasteiger charge is -2.35. The van der Waals surface area contributed by atoms with E-state index in [4.69, 9.17) is 15.2 Å². The number of para-hydroxylation sites is 1. The van der Waals surface area contributed by atoms with Crippen LogP contribution in [0.4, 0.5) is 10.1 Å². The van der Waals surface area contributed by atoms with Gasteiger partial charge in [0.15, 0.2) is 0 Å². The minimum absolute atomic E-state index is 0.0131. The number of hydrogen-bond donors (Lipinski definition) is 1. The predicted octanol–water partition coefficient (Wildman–Crippen LogP) is 2.79. The van der Waals surface area contributed by atoms with Crippen molar-refractivity contribution in [3.8, 4) is 5.75 Å². The molecule has 5 rings (SSSR count). The number of benzene rings is 2. The highest BCUT2D eigenvalue weighted by atomic mass is 19.1. The Labute approximate surface area is 206 Å². The Kier molecular flexibility index (Phi) is 5.43. The van der Waals surface area contributed by atoms with Gasteiger partial charge in [0.25, 0.3) is 5.56 Å². The Balaban J connectivity index is 1.86. The summed E-state index contributed by atoms with van der Waals surface area (Å²) in [7, 11) is 1.57. The number of nitrogens with zero attached hydrogens (tertiary/aromatic N) is 2. The normalized spacial score (nSPS) is 18.2. The molecule has 3 aromatic rings. The molecule has 0 bridgehead atoms. The molecule has 9 heteroatoms. The number of ether oxygens (including phenoxy) is 2. The molecule has 1 atom stereocenters. The van der Waals surface area contributed by atoms with Crippen LogP contribution in [0, 0.1) is 12.7 Å². The number of halogens is 1. The fraction of sp³-hybridized carbons (Fsp3) is 0.222. The minimum Gasteiger partial charge on any atom is -0.462 e. The highest BCUT2D eigenvalue weighted by Gasteiger charge is 2.62. The third-order valence-electron chi connectivity index (χ3n) is 6.78. The number of anilines is 1. The summed E-state index contributed by atoms with van der Waals surface area (Å²) in [5, 5.41) is 0. The van der Waals surface area contributed by atoms with Gasteiger partial charge in [-0.1, -0.05) is 36.4 Å². The molecule has 36 heavy (non-hydrogen) atoms. The molecule has 2 aromatic carbocycles. The monoisotopic (exact) mass is 489 g/mol. The van der Waals surface area contributed by atoms with Gasteiger partial charge < -0.3 is 24.7 Å². The van der Waals surface area contributed by atoms with Crippen molar-refractivity contribution in [2.24, 2.45) is 12.8 Å². The number of nitrogens with two attached hydrogens (primary N) is 1. The number of esters is 1. The average Bonchev–Trinajstić information content (AvgIpc) is 3.07. The maximum atomic E-state index is 14.6. The molecule has 1 aromatic heterocycles. The van der Waals surface area contributed by atoms with E-state index in [0.29, 0.717) is 16.9 Å². The van der Waals surface area contributed by atoms with E-state index in [9.17, 15) is 18.8 Å². The average molecular weight is 490 g/mol. The molecular weight excluding hydrogens is 465 g/mol. The molecule has 0 radical (unpaired) electrons. The fourth-order valence-electron chi connectivity index (χ4n) is 5.04. The Morgan fingerprint density at radius 1 is 1.14 bits per heavy atom. The number of amides is 1. The molecule has 2 aliphatic heterocycles. The first kappa shape index (κ1) is 23.3. The highest BCUT2D eigenvalue weighted by molar-refractivity contribution is 6.18. The SMILES string of the molecule is CCOC(=O)C1=C(N)Oc2cc(C)n(C)c(=O)c2C12C(=O)N(Cc1ccccc1F)c1ccccc12. The van der Waals surface area contributed by atoms with Gasteiger partial charge in [0.05, 0.1) is 18.7 Å². The lowest BCUT2D eigenvalue weighted by atomic mass is 9.68. The zero-order valence-corrected chi connectivity index (χ0v) is 20.0. The van der Waals surface area contributed by atoms with Crippen LogP contribution in [-0.2, 0) is 33.3 Å². The number of aryl methyl sites for hydroxylation is 1. The number of rotatable bonds is 4. The van der Waals surface area contributed by atoms with Crippen LogP contribution in [-0.4, -0.2) is 23.1 Å². The van der Waals surface area contributed by atoms with E-state index in [-0.39, 0.29) is 41.5 Å². The van der Waals surface area contributed by atoms with E-state index in [1.165, 1.54) is 15.5 Å². The number of fused-ring (bicyclic) bond motifs is 4. The van der Waals surface area contributed by atoms with Crippen molar-refractivity contribution in [3.63, 3.8) is 0 Å². The number of carbonyl (C=O) groups excluding carboxylic acids is 2. The molecule has 8 nitrogen and oxygen atoms in total. The van der Waals surface area contributed by atoms with Gasteiger partial charge in [-0.05, 0) is 26.0 Å². The molecule has 1 unspecified atom stereocenters. The maximum absolute atomic E-state index is 14.6. The zero-order chi connectivity index (χ0) is 25.8. The summed E-state index contributed by atoms with van der Waals surface area (Å²) in [6.07, 6.45) is 0. The number of carbonyl (C=O) groups is 2. The van der Waals surface area contributed by atoms with Crippen LogP contribution in [0.25, 0.3) is 0 Å². The van der Waals surface area contributed by atoms with Crippen molar-refractivity contribution in [1.82, 2.24) is 4.57 Å². The number of hydrogen-bond acceptors (Lipinski definition) is 6. The first-order valence-electron chi connectivity index (χ1n) is 11.4. The minimum atomic E-state index is -1.94. The topological polar surface area (TPSA) is 104 Å². The van der Waals surface area contributed by atoms with Crippen molar-refractivity contribution < 1.29 is 23.5 Å². The van der Waals surface area contributed by atoms with E-state index in [1.807, 2.05) is 0 Å². The molecule has 0 fully saturated rings. The van der Waals surface area contributed by atoms with Crippen molar-refractivity contribution in [1.29, 1.82) is 0 Å². The predicted molar refractivity (Wildman–Crippen MR) is 130 cm³/mol. The van der Waals surface area contributed by atoms with Crippen molar-refractivity contribution in [3.05, 3.63) is 105 Å². The summed E-state index contributed by atoms with van der Waals surface area (Å²) in [4.78, 5) is 43.0. The van der Waals surface area contributed by atoms with Crippen LogP contribution in [0.5, 0.6) is 5.75 Å². The van der Waals surface area contributed by atoms with Crippen molar-refractivity contribution in [2.75, 3.05) is 11.5 Å². The van der Waals surface area contributed by atoms with Gasteiger partial charge in [0, 0.05) is 35.6 Å². The number of aromatic nitrogens is 1. The molecule has 1 amide bonds. The van der Waals surface area contributed by atoms with Crippen LogP contribution in [0.15, 0.2) is 70.8 Å². The molecule has 2 aliphatic rings. The smallest absolute Gasteiger partial charge is 0.341 e. The van der Waals surface area contributed by atoms with Gasteiger partial charge in [-0.3, -0.25) is 9.59 Å². The van der Waals surface area contributed by atoms with Crippen molar-refractivity contribution >= 4 is 17.6 Å². The Morgan fingerprint density at radius 2 is 1.83 bits per heavy atom. The van der Waals surface area contributed by atoms with Gasteiger partial charge in [0.1, 0.15) is 22.6 Å². The summed E-state index contributed by atoms with van der Waals surface area (Å²) in [6.45, 7) is 3.23. The quantitative estimate of drug-likeness (QED) is 0.566. The van der Waals surface area contributed by atoms with Gasteiger partial charge in [-0.25, -0.2) is 9.18 Å². The lowest BCUT2D eigenvalue weighted by Crippen LogP contribution is -2.51. The molecule has 2 N–H and O–H groups in total. The van der Waals surface area contributed by atoms with E-state index in [0.717, 1.165) is 0 Å². The lowest BCUT2D eigenvalue weighted by molar-refractivity contribution is -0.141. The summed E-state index contributed by atoms with van der Waals surface area (Å²) < 4.78 is 27.1. The van der Waals surface area contributed by atoms with Gasteiger partial charge in [-0.15, -0.1) is 0 Å². The Bertz CT molecular complexity index is 1530. The van der Waals surface area contributed by atoms with E-state index in [2.05, 4.69) is 0 Å². The molecular formula is C27H24FN3O5. The molecule has 0 saturated carbocycles. The first-order chi connectivity index (χ1) is 17.2. The molecule has 184 valence electrons. The van der Waals surface area contributed by atoms with Crippen LogP contribution >= 0.6 is 0 Å².